The smallest absolute Gasteiger partial charge is 0.123 e. The lowest BCUT2D eigenvalue weighted by atomic mass is 10.1. The molecule has 1 aromatic heterocycles. The highest BCUT2D eigenvalue weighted by atomic mass is 35.5. The minimum absolute atomic E-state index is 0. The van der Waals surface area contributed by atoms with Gasteiger partial charge in [-0.1, -0.05) is 11.6 Å². The predicted molar refractivity (Wildman–Crippen MR) is 101 cm³/mol. The SMILES string of the molecule is Cc1ncsc1CN(Cc1cc(F)ccc1Cl)CC1CCNC1.Cl. The molecule has 3 nitrogen and oxygen atoms in total. The summed E-state index contributed by atoms with van der Waals surface area (Å²) >= 11 is 7.93. The van der Waals surface area contributed by atoms with Crippen LogP contribution in [0.5, 0.6) is 0 Å². The molecule has 132 valence electrons. The number of rotatable bonds is 6. The first-order valence-electron chi connectivity index (χ1n) is 7.88. The van der Waals surface area contributed by atoms with E-state index in [2.05, 4.69) is 15.2 Å². The summed E-state index contributed by atoms with van der Waals surface area (Å²) in [6.07, 6.45) is 1.19. The van der Waals surface area contributed by atoms with Crippen LogP contribution in [0.3, 0.4) is 0 Å². The van der Waals surface area contributed by atoms with Gasteiger partial charge in [0.15, 0.2) is 0 Å². The van der Waals surface area contributed by atoms with Crippen molar-refractivity contribution in [2.24, 2.45) is 5.92 Å². The molecule has 7 heteroatoms. The largest absolute Gasteiger partial charge is 0.316 e. The fraction of sp³-hybridized carbons (Fsp3) is 0.471. The Bertz CT molecular complexity index is 659. The van der Waals surface area contributed by atoms with Gasteiger partial charge in [-0.15, -0.1) is 23.7 Å². The van der Waals surface area contributed by atoms with Gasteiger partial charge in [0.1, 0.15) is 5.82 Å². The maximum atomic E-state index is 13.5. The van der Waals surface area contributed by atoms with Crippen LogP contribution in [0.2, 0.25) is 5.02 Å². The molecule has 1 fully saturated rings. The summed E-state index contributed by atoms with van der Waals surface area (Å²) in [5, 5.41) is 4.04. The van der Waals surface area contributed by atoms with Gasteiger partial charge in [0, 0.05) is 29.5 Å². The molecule has 24 heavy (non-hydrogen) atoms. The van der Waals surface area contributed by atoms with Gasteiger partial charge in [0.05, 0.1) is 11.2 Å². The summed E-state index contributed by atoms with van der Waals surface area (Å²) in [7, 11) is 0. The Labute approximate surface area is 157 Å². The molecule has 1 saturated heterocycles. The van der Waals surface area contributed by atoms with E-state index in [1.54, 1.807) is 23.5 Å². The maximum Gasteiger partial charge on any atom is 0.123 e. The Hall–Kier alpha value is -0.720. The molecular formula is C17H22Cl2FN3S. The van der Waals surface area contributed by atoms with Gasteiger partial charge in [-0.05, 0) is 56.1 Å². The van der Waals surface area contributed by atoms with Crippen molar-refractivity contribution >= 4 is 35.3 Å². The van der Waals surface area contributed by atoms with Gasteiger partial charge >= 0.3 is 0 Å². The zero-order chi connectivity index (χ0) is 16.2. The van der Waals surface area contributed by atoms with E-state index in [4.69, 9.17) is 11.6 Å². The second-order valence-corrected chi connectivity index (χ2v) is 7.47. The lowest BCUT2D eigenvalue weighted by molar-refractivity contribution is 0.222. The quantitative estimate of drug-likeness (QED) is 0.798. The number of hydrogen-bond donors (Lipinski definition) is 1. The monoisotopic (exact) mass is 389 g/mol. The molecule has 1 aromatic carbocycles. The summed E-state index contributed by atoms with van der Waals surface area (Å²) in [4.78, 5) is 7.96. The van der Waals surface area contributed by atoms with Crippen LogP contribution in [-0.2, 0) is 13.1 Å². The number of aryl methyl sites for hydroxylation is 1. The van der Waals surface area contributed by atoms with Crippen LogP contribution in [0, 0.1) is 18.7 Å². The molecule has 0 bridgehead atoms. The zero-order valence-electron chi connectivity index (χ0n) is 13.6. The topological polar surface area (TPSA) is 28.2 Å². The highest BCUT2D eigenvalue weighted by Crippen LogP contribution is 2.23. The maximum absolute atomic E-state index is 13.5. The Morgan fingerprint density at radius 1 is 1.42 bits per heavy atom. The molecule has 1 unspecified atom stereocenters. The van der Waals surface area contributed by atoms with E-state index in [1.807, 2.05) is 12.4 Å². The number of thiazole rings is 1. The first kappa shape index (κ1) is 19.6. The molecule has 0 aliphatic carbocycles. The van der Waals surface area contributed by atoms with Crippen LogP contribution in [0.1, 0.15) is 22.6 Å². The van der Waals surface area contributed by atoms with Crippen molar-refractivity contribution < 1.29 is 4.39 Å². The number of hydrogen-bond acceptors (Lipinski definition) is 4. The first-order chi connectivity index (χ1) is 11.1. The molecule has 0 radical (unpaired) electrons. The third-order valence-electron chi connectivity index (χ3n) is 4.29. The molecule has 3 rings (SSSR count). The third kappa shape index (κ3) is 5.14. The fourth-order valence-corrected chi connectivity index (χ4v) is 4.00. The molecule has 0 amide bonds. The van der Waals surface area contributed by atoms with E-state index >= 15 is 0 Å². The van der Waals surface area contributed by atoms with Crippen LogP contribution >= 0.6 is 35.3 Å². The van der Waals surface area contributed by atoms with Crippen LogP contribution in [0.25, 0.3) is 0 Å². The number of aromatic nitrogens is 1. The van der Waals surface area contributed by atoms with E-state index < -0.39 is 0 Å². The van der Waals surface area contributed by atoms with E-state index in [-0.39, 0.29) is 18.2 Å². The standard InChI is InChI=1S/C17H21ClFN3S.ClH/c1-12-17(23-11-21-12)10-22(8-13-4-5-20-7-13)9-14-6-15(19)2-3-16(14)18;/h2-3,6,11,13,20H,4-5,7-10H2,1H3;1H. The minimum atomic E-state index is -0.235. The normalized spacial score (nSPS) is 17.2. The molecule has 2 aromatic rings. The Balaban J connectivity index is 0.00000208. The first-order valence-corrected chi connectivity index (χ1v) is 9.13. The van der Waals surface area contributed by atoms with Crippen molar-refractivity contribution in [2.75, 3.05) is 19.6 Å². The Kier molecular flexibility index (Phi) is 7.44. The molecule has 1 aliphatic rings. The average Bonchev–Trinajstić information content (AvgIpc) is 3.16. The van der Waals surface area contributed by atoms with Crippen LogP contribution in [-0.4, -0.2) is 29.5 Å². The average molecular weight is 390 g/mol. The van der Waals surface area contributed by atoms with Crippen molar-refractivity contribution in [3.05, 3.63) is 50.7 Å². The number of halogens is 3. The molecule has 1 aliphatic heterocycles. The van der Waals surface area contributed by atoms with Crippen LogP contribution in [0.15, 0.2) is 23.7 Å². The van der Waals surface area contributed by atoms with E-state index in [0.29, 0.717) is 17.5 Å². The van der Waals surface area contributed by atoms with Gasteiger partial charge in [-0.3, -0.25) is 4.90 Å². The second-order valence-electron chi connectivity index (χ2n) is 6.13. The van der Waals surface area contributed by atoms with Gasteiger partial charge in [0.25, 0.3) is 0 Å². The van der Waals surface area contributed by atoms with E-state index in [1.165, 1.54) is 17.4 Å². The molecular weight excluding hydrogens is 368 g/mol. The van der Waals surface area contributed by atoms with E-state index in [9.17, 15) is 4.39 Å². The Morgan fingerprint density at radius 3 is 2.92 bits per heavy atom. The summed E-state index contributed by atoms with van der Waals surface area (Å²) in [5.41, 5.74) is 3.81. The number of benzene rings is 1. The lowest BCUT2D eigenvalue weighted by Crippen LogP contribution is -2.30. The van der Waals surface area contributed by atoms with Crippen molar-refractivity contribution in [3.63, 3.8) is 0 Å². The van der Waals surface area contributed by atoms with E-state index in [0.717, 1.165) is 37.4 Å². The molecule has 0 saturated carbocycles. The number of nitrogens with zero attached hydrogens (tertiary/aromatic N) is 2. The highest BCUT2D eigenvalue weighted by molar-refractivity contribution is 7.09. The van der Waals surface area contributed by atoms with Crippen molar-refractivity contribution in [3.8, 4) is 0 Å². The van der Waals surface area contributed by atoms with Gasteiger partial charge in [-0.2, -0.15) is 0 Å². The zero-order valence-corrected chi connectivity index (χ0v) is 16.0. The van der Waals surface area contributed by atoms with Gasteiger partial charge in [0.2, 0.25) is 0 Å². The second kappa shape index (κ2) is 9.11. The van der Waals surface area contributed by atoms with Crippen LogP contribution < -0.4 is 5.32 Å². The van der Waals surface area contributed by atoms with Crippen LogP contribution in [0.4, 0.5) is 4.39 Å². The van der Waals surface area contributed by atoms with Gasteiger partial charge in [-0.25, -0.2) is 9.37 Å². The molecule has 1 N–H and O–H groups in total. The minimum Gasteiger partial charge on any atom is -0.316 e. The summed E-state index contributed by atoms with van der Waals surface area (Å²) in [5.74, 6) is 0.399. The predicted octanol–water partition coefficient (Wildman–Crippen LogP) is 4.28. The highest BCUT2D eigenvalue weighted by Gasteiger charge is 2.20. The molecule has 0 spiro atoms. The van der Waals surface area contributed by atoms with Gasteiger partial charge < -0.3 is 5.32 Å². The summed E-state index contributed by atoms with van der Waals surface area (Å²) in [6.45, 7) is 6.64. The lowest BCUT2D eigenvalue weighted by Gasteiger charge is -2.25. The fourth-order valence-electron chi connectivity index (χ4n) is 3.01. The molecule has 2 heterocycles. The number of nitrogens with one attached hydrogen (secondary N) is 1. The van der Waals surface area contributed by atoms with Crippen molar-refractivity contribution in [1.82, 2.24) is 15.2 Å². The van der Waals surface area contributed by atoms with Crippen molar-refractivity contribution in [1.29, 1.82) is 0 Å². The summed E-state index contributed by atoms with van der Waals surface area (Å²) in [6, 6.07) is 4.59. The molecule has 1 atom stereocenters. The van der Waals surface area contributed by atoms with Crippen molar-refractivity contribution in [2.45, 2.75) is 26.4 Å². The third-order valence-corrected chi connectivity index (χ3v) is 5.58. The Morgan fingerprint density at radius 2 is 2.25 bits per heavy atom. The summed E-state index contributed by atoms with van der Waals surface area (Å²) < 4.78 is 13.5.